The van der Waals surface area contributed by atoms with Crippen molar-refractivity contribution < 1.29 is 26.5 Å². The van der Waals surface area contributed by atoms with E-state index in [1.54, 1.807) is 6.07 Å². The van der Waals surface area contributed by atoms with E-state index >= 15 is 0 Å². The Morgan fingerprint density at radius 3 is 2.43 bits per heavy atom. The largest absolute Gasteiger partial charge is 0.487 e. The van der Waals surface area contributed by atoms with Crippen molar-refractivity contribution in [3.05, 3.63) is 53.1 Å². The number of aryl methyl sites for hydroxylation is 2. The van der Waals surface area contributed by atoms with E-state index in [-0.39, 0.29) is 15.9 Å². The zero-order chi connectivity index (χ0) is 21.1. The Labute approximate surface area is 167 Å². The molecule has 28 heavy (non-hydrogen) atoms. The van der Waals surface area contributed by atoms with E-state index in [1.165, 1.54) is 41.8 Å². The van der Waals surface area contributed by atoms with Crippen LogP contribution in [0.25, 0.3) is 0 Å². The van der Waals surface area contributed by atoms with Crippen molar-refractivity contribution in [3.8, 4) is 5.75 Å². The molecule has 0 saturated heterocycles. The van der Waals surface area contributed by atoms with Gasteiger partial charge in [-0.3, -0.25) is 0 Å². The number of hydrogen-bond donors (Lipinski definition) is 3. The maximum atomic E-state index is 11.3. The molecule has 152 valence electrons. The van der Waals surface area contributed by atoms with Crippen LogP contribution in [0.1, 0.15) is 37.5 Å². The molecule has 1 aliphatic heterocycles. The first-order chi connectivity index (χ1) is 12.9. The number of carbonyl (C=O) groups excluding carboxylic acids is 1. The van der Waals surface area contributed by atoms with Gasteiger partial charge in [0, 0.05) is 12.0 Å². The number of anilines is 1. The zero-order valence-corrected chi connectivity index (χ0v) is 18.5. The van der Waals surface area contributed by atoms with Crippen LogP contribution in [-0.2, 0) is 18.8 Å². The Bertz CT molecular complexity index is 892. The molecule has 0 spiro atoms. The van der Waals surface area contributed by atoms with Crippen LogP contribution in [-0.4, -0.2) is 35.0 Å². The standard InChI is InChI=1S/C12H16O.C8H10AsNO5/c1-8-5-6-9(2)11-10(8)7-12(3,4)13-11;1-6(11)10-8-4-2-3-7(5-8)9(12,13)15-14/h5-6H,7H2,1-4H3;2-5,14H,1H3,(H,10,11)(H,12,13). The number of benzene rings is 2. The van der Waals surface area contributed by atoms with Gasteiger partial charge in [0.15, 0.2) is 0 Å². The van der Waals surface area contributed by atoms with Gasteiger partial charge < -0.3 is 4.74 Å². The van der Waals surface area contributed by atoms with E-state index < -0.39 is 14.2 Å². The second kappa shape index (κ2) is 8.53. The summed E-state index contributed by atoms with van der Waals surface area (Å²) in [7, 11) is 0. The second-order valence-corrected chi connectivity index (χ2v) is 11.0. The molecular formula is C20H26AsNO6. The van der Waals surface area contributed by atoms with E-state index in [2.05, 4.69) is 49.0 Å². The van der Waals surface area contributed by atoms with E-state index in [1.807, 2.05) is 0 Å². The molecular weight excluding hydrogens is 425 g/mol. The van der Waals surface area contributed by atoms with E-state index in [0.29, 0.717) is 5.69 Å². The van der Waals surface area contributed by atoms with Gasteiger partial charge in [-0.1, -0.05) is 12.1 Å². The average Bonchev–Trinajstić information content (AvgIpc) is 2.95. The quantitative estimate of drug-likeness (QED) is 0.377. The third-order valence-corrected chi connectivity index (χ3v) is 6.69. The van der Waals surface area contributed by atoms with Gasteiger partial charge >= 0.3 is 88.4 Å². The molecule has 1 amide bonds. The van der Waals surface area contributed by atoms with Crippen LogP contribution in [0.15, 0.2) is 36.4 Å². The summed E-state index contributed by atoms with van der Waals surface area (Å²) in [6.07, 6.45) is 1.04. The summed E-state index contributed by atoms with van der Waals surface area (Å²) >= 11 is -4.83. The molecule has 0 aliphatic carbocycles. The fraction of sp³-hybridized carbons (Fsp3) is 0.350. The number of carbonyl (C=O) groups is 1. The third-order valence-electron chi connectivity index (χ3n) is 4.28. The van der Waals surface area contributed by atoms with Gasteiger partial charge in [0.05, 0.1) is 0 Å². The number of ether oxygens (including phenoxy) is 1. The van der Waals surface area contributed by atoms with Crippen molar-refractivity contribution in [1.82, 2.24) is 0 Å². The summed E-state index contributed by atoms with van der Waals surface area (Å²) < 4.78 is 29.8. The first-order valence-electron chi connectivity index (χ1n) is 8.77. The van der Waals surface area contributed by atoms with Crippen LogP contribution in [0.3, 0.4) is 0 Å². The van der Waals surface area contributed by atoms with Gasteiger partial charge in [-0.15, -0.1) is 0 Å². The first-order valence-corrected chi connectivity index (χ1v) is 12.1. The second-order valence-electron chi connectivity index (χ2n) is 7.38. The summed E-state index contributed by atoms with van der Waals surface area (Å²) in [5.41, 5.74) is 4.36. The van der Waals surface area contributed by atoms with Crippen LogP contribution >= 0.6 is 0 Å². The fourth-order valence-electron chi connectivity index (χ4n) is 2.95. The Hall–Kier alpha value is -2.05. The maximum Gasteiger partial charge on any atom is 0.126 e. The van der Waals surface area contributed by atoms with Gasteiger partial charge in [-0.25, -0.2) is 0 Å². The zero-order valence-electron chi connectivity index (χ0n) is 16.6. The SMILES string of the molecule is CC(=O)Nc1cccc([As](=O)(O)OO)c1.Cc1ccc(C)c2c1CC(C)(C)O2. The van der Waals surface area contributed by atoms with Crippen LogP contribution in [0, 0.1) is 13.8 Å². The fourth-order valence-corrected chi connectivity index (χ4v) is 4.36. The first kappa shape index (κ1) is 22.2. The molecule has 3 rings (SSSR count). The van der Waals surface area contributed by atoms with Crippen molar-refractivity contribution in [3.63, 3.8) is 0 Å². The normalized spacial score (nSPS) is 16.1. The molecule has 0 aromatic heterocycles. The molecule has 0 saturated carbocycles. The van der Waals surface area contributed by atoms with Crippen LogP contribution in [0.4, 0.5) is 5.69 Å². The van der Waals surface area contributed by atoms with Crippen LogP contribution < -0.4 is 14.4 Å². The minimum absolute atomic E-state index is 0.0147. The minimum atomic E-state index is -4.83. The summed E-state index contributed by atoms with van der Waals surface area (Å²) in [4.78, 5) is 10.7. The van der Waals surface area contributed by atoms with Crippen molar-refractivity contribution in [2.75, 3.05) is 5.32 Å². The van der Waals surface area contributed by atoms with E-state index in [4.69, 9.17) is 9.99 Å². The molecule has 0 bridgehead atoms. The number of amides is 1. The summed E-state index contributed by atoms with van der Waals surface area (Å²) in [6, 6.07) is 9.95. The van der Waals surface area contributed by atoms with Crippen molar-refractivity contribution >= 4 is 30.1 Å². The summed E-state index contributed by atoms with van der Waals surface area (Å²) in [5, 5.41) is 10.7. The molecule has 7 nitrogen and oxygen atoms in total. The van der Waals surface area contributed by atoms with Crippen LogP contribution in [0.5, 0.6) is 5.75 Å². The number of fused-ring (bicyclic) bond motifs is 1. The van der Waals surface area contributed by atoms with Crippen molar-refractivity contribution in [2.45, 2.75) is 46.6 Å². The third kappa shape index (κ3) is 5.49. The molecule has 1 heterocycles. The van der Waals surface area contributed by atoms with Gasteiger partial charge in [0.25, 0.3) is 0 Å². The molecule has 1 atom stereocenters. The van der Waals surface area contributed by atoms with Gasteiger partial charge in [0.1, 0.15) is 11.4 Å². The molecule has 8 heteroatoms. The molecule has 1 aliphatic rings. The Kier molecular flexibility index (Phi) is 6.78. The molecule has 2 aromatic carbocycles. The maximum absolute atomic E-state index is 11.3. The van der Waals surface area contributed by atoms with Crippen molar-refractivity contribution in [2.24, 2.45) is 0 Å². The smallest absolute Gasteiger partial charge is 0.126 e. The monoisotopic (exact) mass is 451 g/mol. The van der Waals surface area contributed by atoms with E-state index in [0.717, 1.165) is 12.2 Å². The van der Waals surface area contributed by atoms with Gasteiger partial charge in [-0.05, 0) is 38.8 Å². The van der Waals surface area contributed by atoms with E-state index in [9.17, 15) is 12.6 Å². The van der Waals surface area contributed by atoms with Gasteiger partial charge in [-0.2, -0.15) is 0 Å². The minimum Gasteiger partial charge on any atom is -0.487 e. The molecule has 2 aromatic rings. The summed E-state index contributed by atoms with van der Waals surface area (Å²) in [6.45, 7) is 9.87. The Balaban J connectivity index is 0.000000202. The molecule has 1 unspecified atom stereocenters. The molecule has 0 fully saturated rings. The Morgan fingerprint density at radius 1 is 1.21 bits per heavy atom. The van der Waals surface area contributed by atoms with Crippen LogP contribution in [0.2, 0.25) is 0 Å². The predicted molar refractivity (Wildman–Crippen MR) is 107 cm³/mol. The topological polar surface area (TPSA) is 105 Å². The summed E-state index contributed by atoms with van der Waals surface area (Å²) in [5.74, 6) is 0.821. The number of rotatable bonds is 3. The predicted octanol–water partition coefficient (Wildman–Crippen LogP) is 2.72. The van der Waals surface area contributed by atoms with Crippen molar-refractivity contribution in [1.29, 1.82) is 0 Å². The number of hydrogen-bond acceptors (Lipinski definition) is 5. The van der Waals surface area contributed by atoms with Gasteiger partial charge in [0.2, 0.25) is 0 Å². The Morgan fingerprint density at radius 2 is 1.86 bits per heavy atom. The average molecular weight is 451 g/mol. The molecule has 3 N–H and O–H groups in total. The molecule has 0 radical (unpaired) electrons. The number of nitrogens with one attached hydrogen (secondary N) is 1.